The molecule has 210 valence electrons. The maximum absolute atomic E-state index is 12.6. The Hall–Kier alpha value is -4.65. The maximum Gasteiger partial charge on any atom is 0.248 e. The number of aryl methyl sites for hydroxylation is 1. The minimum Gasteiger partial charge on any atom is -0.492 e. The summed E-state index contributed by atoms with van der Waals surface area (Å²) >= 11 is 6.56. The van der Waals surface area contributed by atoms with Crippen molar-refractivity contribution in [3.63, 3.8) is 0 Å². The number of anilines is 3. The number of likely N-dealkylation sites (N-methyl/N-ethyl adjacent to an activating group) is 1. The molecule has 2 aromatic heterocycles. The summed E-state index contributed by atoms with van der Waals surface area (Å²) in [6, 6.07) is 14.9. The fourth-order valence-electron chi connectivity index (χ4n) is 4.05. The van der Waals surface area contributed by atoms with Crippen molar-refractivity contribution in [3.8, 4) is 17.6 Å². The fourth-order valence-corrected chi connectivity index (χ4v) is 4.29. The summed E-state index contributed by atoms with van der Waals surface area (Å²) < 4.78 is 11.7. The van der Waals surface area contributed by atoms with Crippen LogP contribution in [0.25, 0.3) is 10.9 Å². The van der Waals surface area contributed by atoms with Gasteiger partial charge in [0, 0.05) is 47.8 Å². The van der Waals surface area contributed by atoms with E-state index < -0.39 is 0 Å². The highest BCUT2D eigenvalue weighted by molar-refractivity contribution is 6.32. The number of benzene rings is 2. The number of ether oxygens (including phenoxy) is 2. The van der Waals surface area contributed by atoms with Crippen molar-refractivity contribution in [1.29, 1.82) is 5.26 Å². The number of hydrogen-bond donors (Lipinski definition) is 2. The molecule has 10 heteroatoms. The van der Waals surface area contributed by atoms with Crippen LogP contribution in [0.2, 0.25) is 5.02 Å². The van der Waals surface area contributed by atoms with E-state index in [-0.39, 0.29) is 5.91 Å². The Balaban J connectivity index is 1.64. The number of amides is 1. The van der Waals surface area contributed by atoms with Crippen molar-refractivity contribution < 1.29 is 14.3 Å². The summed E-state index contributed by atoms with van der Waals surface area (Å²) in [5.74, 6) is 0.710. The SMILES string of the molecule is CCOc1cc2ncc(C#N)c(Nc3ccc(OCc4ccnc(C)c4)c(Cl)c3)c2cc1NC(=O)/C=C/CN(C)C. The zero-order chi connectivity index (χ0) is 29.4. The number of aromatic nitrogens is 2. The van der Waals surface area contributed by atoms with Gasteiger partial charge in [0.1, 0.15) is 24.2 Å². The van der Waals surface area contributed by atoms with Crippen LogP contribution in [-0.4, -0.2) is 48.0 Å². The average molecular weight is 571 g/mol. The van der Waals surface area contributed by atoms with Gasteiger partial charge in [0.15, 0.2) is 0 Å². The number of nitrogens with zero attached hydrogens (tertiary/aromatic N) is 4. The summed E-state index contributed by atoms with van der Waals surface area (Å²) in [5, 5.41) is 17.1. The van der Waals surface area contributed by atoms with Gasteiger partial charge in [-0.05, 0) is 69.9 Å². The van der Waals surface area contributed by atoms with Gasteiger partial charge in [-0.15, -0.1) is 0 Å². The first kappa shape index (κ1) is 29.3. The van der Waals surface area contributed by atoms with Crippen molar-refractivity contribution in [1.82, 2.24) is 14.9 Å². The minimum atomic E-state index is -0.296. The molecule has 2 heterocycles. The van der Waals surface area contributed by atoms with Crippen molar-refractivity contribution >= 4 is 45.5 Å². The van der Waals surface area contributed by atoms with Gasteiger partial charge in [-0.1, -0.05) is 17.7 Å². The lowest BCUT2D eigenvalue weighted by Gasteiger charge is -2.16. The zero-order valence-corrected chi connectivity index (χ0v) is 24.1. The Morgan fingerprint density at radius 2 is 1.95 bits per heavy atom. The number of hydrogen-bond acceptors (Lipinski definition) is 8. The van der Waals surface area contributed by atoms with Gasteiger partial charge in [0.25, 0.3) is 0 Å². The summed E-state index contributed by atoms with van der Waals surface area (Å²) in [7, 11) is 3.84. The van der Waals surface area contributed by atoms with Crippen LogP contribution < -0.4 is 20.1 Å². The highest BCUT2D eigenvalue weighted by Crippen LogP contribution is 2.37. The first-order valence-electron chi connectivity index (χ1n) is 13.0. The van der Waals surface area contributed by atoms with Gasteiger partial charge >= 0.3 is 0 Å². The molecular weight excluding hydrogens is 540 g/mol. The van der Waals surface area contributed by atoms with Gasteiger partial charge in [-0.2, -0.15) is 5.26 Å². The largest absolute Gasteiger partial charge is 0.492 e. The zero-order valence-electron chi connectivity index (χ0n) is 23.4. The van der Waals surface area contributed by atoms with E-state index in [0.717, 1.165) is 11.3 Å². The van der Waals surface area contributed by atoms with Crippen LogP contribution in [0.4, 0.5) is 17.1 Å². The van der Waals surface area contributed by atoms with Gasteiger partial charge in [0.2, 0.25) is 5.91 Å². The number of nitrogens with one attached hydrogen (secondary N) is 2. The van der Waals surface area contributed by atoms with Crippen molar-refractivity contribution in [2.45, 2.75) is 20.5 Å². The summed E-state index contributed by atoms with van der Waals surface area (Å²) in [6.45, 7) is 5.17. The molecule has 4 aromatic rings. The van der Waals surface area contributed by atoms with Crippen molar-refractivity contribution in [2.75, 3.05) is 37.9 Å². The highest BCUT2D eigenvalue weighted by Gasteiger charge is 2.16. The molecule has 2 aromatic carbocycles. The van der Waals surface area contributed by atoms with Gasteiger partial charge in [-0.3, -0.25) is 14.8 Å². The lowest BCUT2D eigenvalue weighted by atomic mass is 10.1. The molecule has 0 aliphatic carbocycles. The monoisotopic (exact) mass is 570 g/mol. The topological polar surface area (TPSA) is 112 Å². The number of pyridine rings is 2. The number of nitriles is 1. The smallest absolute Gasteiger partial charge is 0.248 e. The third kappa shape index (κ3) is 7.72. The standard InChI is InChI=1S/C31H31ClN6O3/c1-5-40-29-16-26-24(15-27(29)37-30(39)7-6-12-38(3)4)31(22(17-33)18-35-26)36-23-8-9-28(25(32)14-23)41-19-21-10-11-34-20(2)13-21/h6-11,13-16,18H,5,12,19H2,1-4H3,(H,35,36)(H,37,39)/b7-6+. The number of carbonyl (C=O) groups is 1. The van der Waals surface area contributed by atoms with Crippen molar-refractivity contribution in [2.24, 2.45) is 0 Å². The number of halogens is 1. The maximum atomic E-state index is 12.6. The molecule has 0 fully saturated rings. The first-order valence-corrected chi connectivity index (χ1v) is 13.4. The van der Waals surface area contributed by atoms with E-state index in [4.69, 9.17) is 21.1 Å². The molecule has 2 N–H and O–H groups in total. The number of rotatable bonds is 11. The molecule has 4 rings (SSSR count). The van der Waals surface area contributed by atoms with E-state index in [1.165, 1.54) is 12.3 Å². The molecule has 1 amide bonds. The lowest BCUT2D eigenvalue weighted by molar-refractivity contribution is -0.111. The molecule has 0 spiro atoms. The van der Waals surface area contributed by atoms with Gasteiger partial charge in [0.05, 0.1) is 34.1 Å². The molecule has 9 nitrogen and oxygen atoms in total. The van der Waals surface area contributed by atoms with Crippen LogP contribution in [0.15, 0.2) is 67.0 Å². The third-order valence-corrected chi connectivity index (χ3v) is 6.24. The van der Waals surface area contributed by atoms with E-state index >= 15 is 0 Å². The van der Waals surface area contributed by atoms with Gasteiger partial charge < -0.3 is 25.0 Å². The summed E-state index contributed by atoms with van der Waals surface area (Å²) in [6.07, 6.45) is 6.49. The fraction of sp³-hybridized carbons (Fsp3) is 0.226. The van der Waals surface area contributed by atoms with Gasteiger partial charge in [-0.25, -0.2) is 0 Å². The Labute approximate surface area is 244 Å². The Morgan fingerprint density at radius 1 is 1.12 bits per heavy atom. The predicted molar refractivity (Wildman–Crippen MR) is 162 cm³/mol. The Kier molecular flexibility index (Phi) is 9.74. The molecule has 0 unspecified atom stereocenters. The molecule has 0 aliphatic rings. The predicted octanol–water partition coefficient (Wildman–Crippen LogP) is 6.24. The summed E-state index contributed by atoms with van der Waals surface area (Å²) in [4.78, 5) is 23.2. The Morgan fingerprint density at radius 3 is 2.66 bits per heavy atom. The normalized spacial score (nSPS) is 11.0. The molecule has 0 bridgehead atoms. The number of fused-ring (bicyclic) bond motifs is 1. The second-order valence-corrected chi connectivity index (χ2v) is 9.88. The van der Waals surface area contributed by atoms with Crippen LogP contribution in [0.3, 0.4) is 0 Å². The van der Waals surface area contributed by atoms with Crippen molar-refractivity contribution in [3.05, 3.63) is 88.9 Å². The molecule has 0 aliphatic heterocycles. The van der Waals surface area contributed by atoms with Crippen LogP contribution >= 0.6 is 11.6 Å². The van der Waals surface area contributed by atoms with Crippen LogP contribution in [0.1, 0.15) is 23.7 Å². The van der Waals surface area contributed by atoms with Crippen LogP contribution in [0.5, 0.6) is 11.5 Å². The summed E-state index contributed by atoms with van der Waals surface area (Å²) in [5.41, 5.74) is 4.45. The van der Waals surface area contributed by atoms with E-state index in [1.807, 2.05) is 51.0 Å². The molecule has 0 saturated carbocycles. The third-order valence-electron chi connectivity index (χ3n) is 5.94. The average Bonchev–Trinajstić information content (AvgIpc) is 2.93. The second kappa shape index (κ2) is 13.6. The lowest BCUT2D eigenvalue weighted by Crippen LogP contribution is -2.13. The van der Waals surface area contributed by atoms with E-state index in [2.05, 4.69) is 26.7 Å². The quantitative estimate of drug-likeness (QED) is 0.204. The molecule has 41 heavy (non-hydrogen) atoms. The molecule has 0 radical (unpaired) electrons. The Bertz CT molecular complexity index is 1630. The van der Waals surface area contributed by atoms with Crippen LogP contribution in [0, 0.1) is 18.3 Å². The molecule has 0 atom stereocenters. The second-order valence-electron chi connectivity index (χ2n) is 9.48. The van der Waals surface area contributed by atoms with E-state index in [0.29, 0.717) is 69.8 Å². The molecule has 0 saturated heterocycles. The highest BCUT2D eigenvalue weighted by atomic mass is 35.5. The first-order chi connectivity index (χ1) is 19.8. The van der Waals surface area contributed by atoms with E-state index in [1.54, 1.807) is 36.5 Å². The number of carbonyl (C=O) groups excluding carboxylic acids is 1. The van der Waals surface area contributed by atoms with E-state index in [9.17, 15) is 10.1 Å². The molecular formula is C31H31ClN6O3. The van der Waals surface area contributed by atoms with Crippen LogP contribution in [-0.2, 0) is 11.4 Å². The minimum absolute atomic E-state index is 0.296.